The van der Waals surface area contributed by atoms with Crippen LogP contribution < -0.4 is 0 Å². The minimum Gasteiger partial charge on any atom is -0.232 e. The second kappa shape index (κ2) is 12.2. The third-order valence-corrected chi connectivity index (χ3v) is 10.5. The molecule has 5 aromatic carbocycles. The molecular formula is C48H54N4. The van der Waals surface area contributed by atoms with E-state index >= 15 is 0 Å². The first-order valence-corrected chi connectivity index (χ1v) is 18.9. The normalized spacial score (nSPS) is 13.2. The highest BCUT2D eigenvalue weighted by atomic mass is 14.9. The fraction of sp³-hybridized carbons (Fsp3) is 0.375. The van der Waals surface area contributed by atoms with Gasteiger partial charge in [0.25, 0.3) is 0 Å². The van der Waals surface area contributed by atoms with E-state index in [4.69, 9.17) is 19.9 Å². The number of nitrogens with zero attached hydrogens (tertiary/aromatic N) is 4. The van der Waals surface area contributed by atoms with Crippen LogP contribution in [0.1, 0.15) is 118 Å². The fourth-order valence-corrected chi connectivity index (χ4v) is 7.12. The van der Waals surface area contributed by atoms with E-state index in [1.807, 2.05) is 0 Å². The largest absolute Gasteiger partial charge is 0.232 e. The van der Waals surface area contributed by atoms with Crippen LogP contribution in [0.4, 0.5) is 0 Å². The lowest BCUT2D eigenvalue weighted by molar-refractivity contribution is 0.539. The Morgan fingerprint density at radius 1 is 0.404 bits per heavy atom. The van der Waals surface area contributed by atoms with Gasteiger partial charge >= 0.3 is 0 Å². The molecule has 7 rings (SSSR count). The maximum absolute atomic E-state index is 5.27. The zero-order chi connectivity index (χ0) is 37.5. The number of hydrogen-bond donors (Lipinski definition) is 0. The van der Waals surface area contributed by atoms with Gasteiger partial charge in [-0.05, 0) is 85.8 Å². The number of rotatable bonds is 4. The zero-order valence-electron chi connectivity index (χ0n) is 33.5. The molecule has 0 aliphatic carbocycles. The van der Waals surface area contributed by atoms with Crippen LogP contribution in [0.15, 0.2) is 78.9 Å². The lowest BCUT2D eigenvalue weighted by atomic mass is 9.84. The molecule has 7 aromatic rings. The lowest BCUT2D eigenvalue weighted by Gasteiger charge is -2.25. The summed E-state index contributed by atoms with van der Waals surface area (Å²) in [6.45, 7) is 29.0. The molecule has 0 bridgehead atoms. The van der Waals surface area contributed by atoms with Crippen molar-refractivity contribution in [3.63, 3.8) is 0 Å². The first-order valence-electron chi connectivity index (χ1n) is 18.9. The SMILES string of the molecule is CCc1ccc(-c2cc3ccc(-c4nc(C(C)(C)C)cc(C(C)(C)C)n4)c4ccc5c(-c6nc(C(C)(C)C)cc(C(C)(C)C)n6)ccc2c5c34)cc1. The molecule has 2 heterocycles. The van der Waals surface area contributed by atoms with E-state index in [1.165, 1.54) is 38.2 Å². The molecule has 0 fully saturated rings. The summed E-state index contributed by atoms with van der Waals surface area (Å²) >= 11 is 0. The van der Waals surface area contributed by atoms with Gasteiger partial charge in [-0.25, -0.2) is 19.9 Å². The molecule has 0 saturated carbocycles. The smallest absolute Gasteiger partial charge is 0.160 e. The van der Waals surface area contributed by atoms with Crippen LogP contribution in [0.25, 0.3) is 66.2 Å². The van der Waals surface area contributed by atoms with E-state index in [2.05, 4.69) is 169 Å². The summed E-state index contributed by atoms with van der Waals surface area (Å²) in [5.74, 6) is 1.56. The highest BCUT2D eigenvalue weighted by Gasteiger charge is 2.27. The van der Waals surface area contributed by atoms with Crippen LogP contribution in [0.5, 0.6) is 0 Å². The van der Waals surface area contributed by atoms with Crippen LogP contribution >= 0.6 is 0 Å². The quantitative estimate of drug-likeness (QED) is 0.173. The molecule has 0 saturated heterocycles. The Hall–Kier alpha value is -4.70. The molecule has 0 aliphatic rings. The average Bonchev–Trinajstić information content (AvgIpc) is 3.08. The summed E-state index contributed by atoms with van der Waals surface area (Å²) in [6.07, 6.45) is 1.02. The molecule has 0 aliphatic heterocycles. The monoisotopic (exact) mass is 686 g/mol. The number of hydrogen-bond acceptors (Lipinski definition) is 4. The number of benzene rings is 5. The topological polar surface area (TPSA) is 51.6 Å². The zero-order valence-corrected chi connectivity index (χ0v) is 33.5. The van der Waals surface area contributed by atoms with Gasteiger partial charge in [0.1, 0.15) is 0 Å². The van der Waals surface area contributed by atoms with Crippen molar-refractivity contribution in [1.29, 1.82) is 0 Å². The Labute approximate surface area is 310 Å². The molecule has 0 N–H and O–H groups in total. The molecule has 4 heteroatoms. The minimum absolute atomic E-state index is 0.119. The van der Waals surface area contributed by atoms with Crippen LogP contribution in [0, 0.1) is 0 Å². The van der Waals surface area contributed by atoms with E-state index in [0.29, 0.717) is 0 Å². The maximum Gasteiger partial charge on any atom is 0.160 e. The van der Waals surface area contributed by atoms with Crippen LogP contribution in [0.3, 0.4) is 0 Å². The second-order valence-electron chi connectivity index (χ2n) is 18.8. The van der Waals surface area contributed by atoms with Gasteiger partial charge < -0.3 is 0 Å². The molecular weight excluding hydrogens is 633 g/mol. The van der Waals surface area contributed by atoms with Crippen molar-refractivity contribution in [3.05, 3.63) is 107 Å². The van der Waals surface area contributed by atoms with Gasteiger partial charge in [-0.1, -0.05) is 139 Å². The first-order chi connectivity index (χ1) is 24.2. The molecule has 0 spiro atoms. The predicted molar refractivity (Wildman–Crippen MR) is 222 cm³/mol. The van der Waals surface area contributed by atoms with Crippen molar-refractivity contribution in [3.8, 4) is 33.9 Å². The highest BCUT2D eigenvalue weighted by Crippen LogP contribution is 2.46. The van der Waals surface area contributed by atoms with Crippen LogP contribution in [-0.2, 0) is 28.1 Å². The lowest BCUT2D eigenvalue weighted by Crippen LogP contribution is -2.20. The predicted octanol–water partition coefficient (Wildman–Crippen LogP) is 12.9. The molecule has 0 atom stereocenters. The maximum atomic E-state index is 5.27. The molecule has 266 valence electrons. The van der Waals surface area contributed by atoms with E-state index in [-0.39, 0.29) is 21.7 Å². The Morgan fingerprint density at radius 3 is 1.21 bits per heavy atom. The molecule has 4 nitrogen and oxygen atoms in total. The van der Waals surface area contributed by atoms with E-state index in [9.17, 15) is 0 Å². The molecule has 52 heavy (non-hydrogen) atoms. The van der Waals surface area contributed by atoms with E-state index < -0.39 is 0 Å². The first kappa shape index (κ1) is 35.7. The van der Waals surface area contributed by atoms with Crippen molar-refractivity contribution < 1.29 is 0 Å². The van der Waals surface area contributed by atoms with Crippen LogP contribution in [-0.4, -0.2) is 19.9 Å². The van der Waals surface area contributed by atoms with Gasteiger partial charge in [0.2, 0.25) is 0 Å². The minimum atomic E-state index is -0.123. The van der Waals surface area contributed by atoms with Gasteiger partial charge in [0.15, 0.2) is 11.6 Å². The fourth-order valence-electron chi connectivity index (χ4n) is 7.12. The van der Waals surface area contributed by atoms with Gasteiger partial charge in [0.05, 0.1) is 22.8 Å². The van der Waals surface area contributed by atoms with Gasteiger partial charge in [-0.3, -0.25) is 0 Å². The molecule has 0 radical (unpaired) electrons. The van der Waals surface area contributed by atoms with Gasteiger partial charge in [-0.15, -0.1) is 0 Å². The number of aryl methyl sites for hydroxylation is 1. The van der Waals surface area contributed by atoms with Crippen molar-refractivity contribution in [1.82, 2.24) is 19.9 Å². The van der Waals surface area contributed by atoms with Gasteiger partial charge in [0, 0.05) is 32.8 Å². The average molecular weight is 687 g/mol. The standard InChI is InChI=1S/C48H54N4/c1-14-28-15-17-29(18-16-28)36-25-30-19-20-34(43-49-37(45(2,3)4)26-38(50-43)46(5,6)7)31-21-22-32-35(24-23-33(36)42(32)41(30)31)44-51-39(47(8,9)10)27-40(52-44)48(11,12)13/h15-27H,14H2,1-13H3. The second-order valence-corrected chi connectivity index (χ2v) is 18.8. The number of aromatic nitrogens is 4. The Balaban J connectivity index is 1.59. The molecule has 0 unspecified atom stereocenters. The van der Waals surface area contributed by atoms with Crippen molar-refractivity contribution >= 4 is 32.3 Å². The summed E-state index contributed by atoms with van der Waals surface area (Å²) in [4.78, 5) is 21.0. The summed E-state index contributed by atoms with van der Waals surface area (Å²) < 4.78 is 0. The third kappa shape index (κ3) is 6.35. The van der Waals surface area contributed by atoms with Crippen molar-refractivity contribution in [2.24, 2.45) is 0 Å². The Morgan fingerprint density at radius 2 is 0.788 bits per heavy atom. The summed E-state index contributed by atoms with van der Waals surface area (Å²) in [5, 5.41) is 7.20. The van der Waals surface area contributed by atoms with E-state index in [1.54, 1.807) is 0 Å². The van der Waals surface area contributed by atoms with Crippen LogP contribution in [0.2, 0.25) is 0 Å². The Kier molecular flexibility index (Phi) is 8.36. The molecule has 2 aromatic heterocycles. The summed E-state index contributed by atoms with van der Waals surface area (Å²) in [5.41, 5.74) is 9.62. The summed E-state index contributed by atoms with van der Waals surface area (Å²) in [7, 11) is 0. The van der Waals surface area contributed by atoms with Crippen molar-refractivity contribution in [2.75, 3.05) is 0 Å². The highest BCUT2D eigenvalue weighted by molar-refractivity contribution is 6.30. The van der Waals surface area contributed by atoms with E-state index in [0.717, 1.165) is 62.7 Å². The molecule has 0 amide bonds. The Bertz CT molecular complexity index is 2390. The van der Waals surface area contributed by atoms with Gasteiger partial charge in [-0.2, -0.15) is 0 Å². The third-order valence-electron chi connectivity index (χ3n) is 10.5. The summed E-state index contributed by atoms with van der Waals surface area (Å²) in [6, 6.07) is 29.4. The van der Waals surface area contributed by atoms with Crippen molar-refractivity contribution in [2.45, 2.75) is 118 Å².